The molecule has 1 heterocycles. The number of carboxylic acids is 1. The Morgan fingerprint density at radius 1 is 1.53 bits per heavy atom. The Bertz CT molecular complexity index is 365. The SMILES string of the molecule is CCCC(CNc1nc(C(C)C)ns1)C(=O)O. The van der Waals surface area contributed by atoms with Crippen LogP contribution in [0.25, 0.3) is 0 Å². The first-order chi connectivity index (χ1) is 8.04. The van der Waals surface area contributed by atoms with Crippen LogP contribution < -0.4 is 5.32 Å². The Hall–Kier alpha value is -1.17. The molecular weight excluding hydrogens is 238 g/mol. The van der Waals surface area contributed by atoms with E-state index in [4.69, 9.17) is 5.11 Å². The number of carbonyl (C=O) groups is 1. The number of nitrogens with one attached hydrogen (secondary N) is 1. The molecule has 0 aliphatic heterocycles. The third kappa shape index (κ3) is 4.30. The van der Waals surface area contributed by atoms with E-state index in [2.05, 4.69) is 14.7 Å². The molecular formula is C11H19N3O2S. The summed E-state index contributed by atoms with van der Waals surface area (Å²) < 4.78 is 4.21. The molecule has 0 amide bonds. The van der Waals surface area contributed by atoms with Gasteiger partial charge in [0.05, 0.1) is 5.92 Å². The Balaban J connectivity index is 2.50. The summed E-state index contributed by atoms with van der Waals surface area (Å²) in [7, 11) is 0. The number of aromatic nitrogens is 2. The standard InChI is InChI=1S/C11H19N3O2S/c1-4-5-8(10(15)16)6-12-11-13-9(7(2)3)14-17-11/h7-8H,4-6H2,1-3H3,(H,15,16)(H,12,13,14). The van der Waals surface area contributed by atoms with Gasteiger partial charge < -0.3 is 10.4 Å². The molecule has 0 aromatic carbocycles. The first-order valence-electron chi connectivity index (χ1n) is 5.84. The van der Waals surface area contributed by atoms with Crippen LogP contribution in [0.3, 0.4) is 0 Å². The molecule has 1 aromatic rings. The van der Waals surface area contributed by atoms with Gasteiger partial charge in [0, 0.05) is 24.0 Å². The van der Waals surface area contributed by atoms with E-state index in [9.17, 15) is 4.79 Å². The number of anilines is 1. The second-order valence-electron chi connectivity index (χ2n) is 4.32. The van der Waals surface area contributed by atoms with Crippen molar-refractivity contribution in [2.45, 2.75) is 39.5 Å². The highest BCUT2D eigenvalue weighted by Crippen LogP contribution is 2.18. The van der Waals surface area contributed by atoms with E-state index in [1.807, 2.05) is 20.8 Å². The van der Waals surface area contributed by atoms with E-state index in [1.165, 1.54) is 11.5 Å². The van der Waals surface area contributed by atoms with Crippen molar-refractivity contribution < 1.29 is 9.90 Å². The second kappa shape index (κ2) is 6.54. The summed E-state index contributed by atoms with van der Waals surface area (Å²) >= 11 is 1.28. The van der Waals surface area contributed by atoms with E-state index in [-0.39, 0.29) is 5.92 Å². The van der Waals surface area contributed by atoms with Crippen LogP contribution in [-0.4, -0.2) is 27.0 Å². The molecule has 0 saturated carbocycles. The molecule has 0 spiro atoms. The van der Waals surface area contributed by atoms with Gasteiger partial charge in [-0.1, -0.05) is 27.2 Å². The monoisotopic (exact) mass is 257 g/mol. The second-order valence-corrected chi connectivity index (χ2v) is 5.07. The molecule has 1 aromatic heterocycles. The number of hydrogen-bond acceptors (Lipinski definition) is 5. The van der Waals surface area contributed by atoms with Crippen molar-refractivity contribution in [3.63, 3.8) is 0 Å². The van der Waals surface area contributed by atoms with Gasteiger partial charge in [0.2, 0.25) is 5.13 Å². The maximum atomic E-state index is 11.0. The smallest absolute Gasteiger partial charge is 0.308 e. The van der Waals surface area contributed by atoms with Crippen molar-refractivity contribution in [2.75, 3.05) is 11.9 Å². The minimum absolute atomic E-state index is 0.299. The van der Waals surface area contributed by atoms with Gasteiger partial charge in [0.25, 0.3) is 0 Å². The first-order valence-corrected chi connectivity index (χ1v) is 6.62. The van der Waals surface area contributed by atoms with Crippen molar-refractivity contribution in [3.05, 3.63) is 5.82 Å². The summed E-state index contributed by atoms with van der Waals surface area (Å²) in [6.07, 6.45) is 1.55. The summed E-state index contributed by atoms with van der Waals surface area (Å²) in [6.45, 7) is 6.46. The van der Waals surface area contributed by atoms with E-state index in [0.29, 0.717) is 24.0 Å². The number of nitrogens with zero attached hydrogens (tertiary/aromatic N) is 2. The van der Waals surface area contributed by atoms with Crippen molar-refractivity contribution in [3.8, 4) is 0 Å². The summed E-state index contributed by atoms with van der Waals surface area (Å²) in [5.41, 5.74) is 0. The zero-order chi connectivity index (χ0) is 12.8. The number of carboxylic acid groups (broad SMARTS) is 1. The van der Waals surface area contributed by atoms with E-state index < -0.39 is 5.97 Å². The lowest BCUT2D eigenvalue weighted by Gasteiger charge is -2.10. The van der Waals surface area contributed by atoms with Crippen LogP contribution in [0.1, 0.15) is 45.4 Å². The normalized spacial score (nSPS) is 12.7. The van der Waals surface area contributed by atoms with E-state index >= 15 is 0 Å². The number of aliphatic carboxylic acids is 1. The maximum absolute atomic E-state index is 11.0. The lowest BCUT2D eigenvalue weighted by Crippen LogP contribution is -2.22. The van der Waals surface area contributed by atoms with Crippen LogP contribution in [-0.2, 0) is 4.79 Å². The Kier molecular flexibility index (Phi) is 5.34. The zero-order valence-corrected chi connectivity index (χ0v) is 11.3. The molecule has 0 radical (unpaired) electrons. The summed E-state index contributed by atoms with van der Waals surface area (Å²) in [5, 5.41) is 12.8. The average Bonchev–Trinajstić information content (AvgIpc) is 2.72. The fourth-order valence-corrected chi connectivity index (χ4v) is 2.13. The van der Waals surface area contributed by atoms with Crippen molar-refractivity contribution in [1.29, 1.82) is 0 Å². The van der Waals surface area contributed by atoms with Gasteiger partial charge in [0.15, 0.2) is 0 Å². The predicted octanol–water partition coefficient (Wildman–Crippen LogP) is 2.57. The third-order valence-corrected chi connectivity index (χ3v) is 3.13. The molecule has 1 rings (SSSR count). The van der Waals surface area contributed by atoms with Gasteiger partial charge in [-0.2, -0.15) is 4.37 Å². The topological polar surface area (TPSA) is 75.1 Å². The summed E-state index contributed by atoms with van der Waals surface area (Å²) in [5.74, 6) is -0.00747. The van der Waals surface area contributed by atoms with E-state index in [1.54, 1.807) is 0 Å². The molecule has 1 unspecified atom stereocenters. The molecule has 0 fully saturated rings. The summed E-state index contributed by atoms with van der Waals surface area (Å²) in [6, 6.07) is 0. The summed E-state index contributed by atoms with van der Waals surface area (Å²) in [4.78, 5) is 15.3. The molecule has 0 bridgehead atoms. The minimum Gasteiger partial charge on any atom is -0.481 e. The maximum Gasteiger partial charge on any atom is 0.308 e. The lowest BCUT2D eigenvalue weighted by molar-refractivity contribution is -0.141. The van der Waals surface area contributed by atoms with Gasteiger partial charge in [-0.05, 0) is 6.42 Å². The molecule has 17 heavy (non-hydrogen) atoms. The van der Waals surface area contributed by atoms with Crippen molar-refractivity contribution in [1.82, 2.24) is 9.36 Å². The molecule has 2 N–H and O–H groups in total. The number of hydrogen-bond donors (Lipinski definition) is 2. The van der Waals surface area contributed by atoms with Crippen LogP contribution in [0.4, 0.5) is 5.13 Å². The quantitative estimate of drug-likeness (QED) is 0.785. The minimum atomic E-state index is -0.757. The molecule has 0 saturated heterocycles. The van der Waals surface area contributed by atoms with Gasteiger partial charge in [-0.3, -0.25) is 4.79 Å². The number of rotatable bonds is 7. The highest BCUT2D eigenvalue weighted by atomic mass is 32.1. The Labute approximate surface area is 105 Å². The average molecular weight is 257 g/mol. The van der Waals surface area contributed by atoms with E-state index in [0.717, 1.165) is 12.2 Å². The fourth-order valence-electron chi connectivity index (χ4n) is 1.41. The fraction of sp³-hybridized carbons (Fsp3) is 0.727. The van der Waals surface area contributed by atoms with Crippen molar-refractivity contribution >= 4 is 22.6 Å². The first kappa shape index (κ1) is 13.9. The molecule has 96 valence electrons. The van der Waals surface area contributed by atoms with Crippen LogP contribution in [0.2, 0.25) is 0 Å². The molecule has 0 aliphatic rings. The third-order valence-electron chi connectivity index (χ3n) is 2.44. The van der Waals surface area contributed by atoms with Crippen LogP contribution >= 0.6 is 11.5 Å². The predicted molar refractivity (Wildman–Crippen MR) is 68.5 cm³/mol. The Morgan fingerprint density at radius 2 is 2.24 bits per heavy atom. The zero-order valence-electron chi connectivity index (χ0n) is 10.4. The highest BCUT2D eigenvalue weighted by molar-refractivity contribution is 7.09. The Morgan fingerprint density at radius 3 is 2.71 bits per heavy atom. The van der Waals surface area contributed by atoms with Gasteiger partial charge in [-0.15, -0.1) is 0 Å². The van der Waals surface area contributed by atoms with Gasteiger partial charge in [0.1, 0.15) is 5.82 Å². The molecule has 6 heteroatoms. The highest BCUT2D eigenvalue weighted by Gasteiger charge is 2.17. The van der Waals surface area contributed by atoms with Crippen molar-refractivity contribution in [2.24, 2.45) is 5.92 Å². The van der Waals surface area contributed by atoms with Crippen LogP contribution in [0.15, 0.2) is 0 Å². The van der Waals surface area contributed by atoms with Gasteiger partial charge in [-0.25, -0.2) is 4.98 Å². The van der Waals surface area contributed by atoms with Crippen LogP contribution in [0.5, 0.6) is 0 Å². The largest absolute Gasteiger partial charge is 0.481 e. The lowest BCUT2D eigenvalue weighted by atomic mass is 10.0. The van der Waals surface area contributed by atoms with Gasteiger partial charge >= 0.3 is 5.97 Å². The molecule has 5 nitrogen and oxygen atoms in total. The molecule has 1 atom stereocenters. The van der Waals surface area contributed by atoms with Crippen LogP contribution in [0, 0.1) is 5.92 Å². The molecule has 0 aliphatic carbocycles.